The Hall–Kier alpha value is -0.610. The Morgan fingerprint density at radius 3 is 2.85 bits per heavy atom. The van der Waals surface area contributed by atoms with E-state index in [9.17, 15) is 4.79 Å². The summed E-state index contributed by atoms with van der Waals surface area (Å²) in [5.74, 6) is 0.225. The standard InChI is InChI=1S/C9H16N2O2/c1-7(6-12)10-5-4-9(13)11(10)8-2-3-8/h7-8,12H,2-6H2,1H3. The summed E-state index contributed by atoms with van der Waals surface area (Å²) in [6.07, 6.45) is 2.86. The minimum Gasteiger partial charge on any atom is -0.395 e. The smallest absolute Gasteiger partial charge is 0.238 e. The van der Waals surface area contributed by atoms with Crippen molar-refractivity contribution in [3.8, 4) is 0 Å². The summed E-state index contributed by atoms with van der Waals surface area (Å²) in [6, 6.07) is 0.510. The summed E-state index contributed by atoms with van der Waals surface area (Å²) >= 11 is 0. The molecule has 2 aliphatic rings. The maximum Gasteiger partial charge on any atom is 0.238 e. The molecule has 0 aromatic carbocycles. The second kappa shape index (κ2) is 3.27. The van der Waals surface area contributed by atoms with Gasteiger partial charge in [0.25, 0.3) is 0 Å². The van der Waals surface area contributed by atoms with Gasteiger partial charge in [-0.15, -0.1) is 0 Å². The van der Waals surface area contributed by atoms with Crippen LogP contribution in [0.25, 0.3) is 0 Å². The fraction of sp³-hybridized carbons (Fsp3) is 0.889. The maximum atomic E-state index is 11.5. The molecule has 1 N–H and O–H groups in total. The maximum absolute atomic E-state index is 11.5. The molecule has 74 valence electrons. The Kier molecular flexibility index (Phi) is 2.26. The van der Waals surface area contributed by atoms with Crippen molar-refractivity contribution in [1.29, 1.82) is 0 Å². The van der Waals surface area contributed by atoms with Gasteiger partial charge in [-0.2, -0.15) is 0 Å². The molecule has 2 rings (SSSR count). The van der Waals surface area contributed by atoms with Crippen LogP contribution in [0.4, 0.5) is 0 Å². The molecule has 0 aromatic heterocycles. The number of aliphatic hydroxyl groups is 1. The van der Waals surface area contributed by atoms with Crippen LogP contribution in [-0.2, 0) is 4.79 Å². The first-order chi connectivity index (χ1) is 6.24. The van der Waals surface area contributed by atoms with Crippen LogP contribution < -0.4 is 0 Å². The second-order valence-corrected chi connectivity index (χ2v) is 3.91. The van der Waals surface area contributed by atoms with Gasteiger partial charge < -0.3 is 5.11 Å². The lowest BCUT2D eigenvalue weighted by Crippen LogP contribution is -2.46. The van der Waals surface area contributed by atoms with Gasteiger partial charge in [-0.05, 0) is 19.8 Å². The molecule has 2 fully saturated rings. The van der Waals surface area contributed by atoms with Gasteiger partial charge in [-0.1, -0.05) is 0 Å². The monoisotopic (exact) mass is 184 g/mol. The van der Waals surface area contributed by atoms with Crippen LogP contribution >= 0.6 is 0 Å². The molecule has 0 radical (unpaired) electrons. The zero-order valence-electron chi connectivity index (χ0n) is 7.94. The Labute approximate surface area is 78.1 Å². The van der Waals surface area contributed by atoms with Crippen LogP contribution in [-0.4, -0.2) is 46.3 Å². The number of aliphatic hydroxyl groups excluding tert-OH is 1. The molecule has 1 aliphatic heterocycles. The highest BCUT2D eigenvalue weighted by molar-refractivity contribution is 5.78. The van der Waals surface area contributed by atoms with Crippen molar-refractivity contribution in [3.63, 3.8) is 0 Å². The van der Waals surface area contributed by atoms with E-state index >= 15 is 0 Å². The van der Waals surface area contributed by atoms with E-state index < -0.39 is 0 Å². The van der Waals surface area contributed by atoms with Gasteiger partial charge in [0.15, 0.2) is 0 Å². The van der Waals surface area contributed by atoms with Crippen molar-refractivity contribution in [3.05, 3.63) is 0 Å². The lowest BCUT2D eigenvalue weighted by Gasteiger charge is -2.32. The average molecular weight is 184 g/mol. The lowest BCUT2D eigenvalue weighted by atomic mass is 10.3. The molecule has 0 bridgehead atoms. The largest absolute Gasteiger partial charge is 0.395 e. The topological polar surface area (TPSA) is 43.8 Å². The van der Waals surface area contributed by atoms with E-state index in [0.717, 1.165) is 19.4 Å². The zero-order chi connectivity index (χ0) is 9.42. The summed E-state index contributed by atoms with van der Waals surface area (Å²) in [6.45, 7) is 2.85. The number of nitrogens with zero attached hydrogens (tertiary/aromatic N) is 2. The quantitative estimate of drug-likeness (QED) is 0.670. The Bertz CT molecular complexity index is 216. The highest BCUT2D eigenvalue weighted by atomic mass is 16.3. The van der Waals surface area contributed by atoms with Crippen LogP contribution in [0.15, 0.2) is 0 Å². The van der Waals surface area contributed by atoms with Gasteiger partial charge in [0, 0.05) is 25.0 Å². The normalized spacial score (nSPS) is 26.9. The van der Waals surface area contributed by atoms with Gasteiger partial charge in [0.05, 0.1) is 6.61 Å². The van der Waals surface area contributed by atoms with Gasteiger partial charge in [0.2, 0.25) is 5.91 Å². The lowest BCUT2D eigenvalue weighted by molar-refractivity contribution is -0.142. The summed E-state index contributed by atoms with van der Waals surface area (Å²) in [5, 5.41) is 12.9. The van der Waals surface area contributed by atoms with E-state index in [1.807, 2.05) is 16.9 Å². The molecular weight excluding hydrogens is 168 g/mol. The first-order valence-electron chi connectivity index (χ1n) is 4.93. The van der Waals surface area contributed by atoms with Crippen LogP contribution in [0.3, 0.4) is 0 Å². The minimum absolute atomic E-state index is 0.0760. The van der Waals surface area contributed by atoms with Crippen LogP contribution in [0, 0.1) is 0 Å². The number of carbonyl (C=O) groups excluding carboxylic acids is 1. The first kappa shape index (κ1) is 8.97. The highest BCUT2D eigenvalue weighted by Gasteiger charge is 2.41. The Morgan fingerprint density at radius 2 is 2.31 bits per heavy atom. The molecule has 1 unspecified atom stereocenters. The SMILES string of the molecule is CC(CO)N1CCC(=O)N1C1CC1. The predicted molar refractivity (Wildman–Crippen MR) is 47.7 cm³/mol. The van der Waals surface area contributed by atoms with Crippen molar-refractivity contribution >= 4 is 5.91 Å². The van der Waals surface area contributed by atoms with E-state index in [1.54, 1.807) is 0 Å². The van der Waals surface area contributed by atoms with Gasteiger partial charge in [0.1, 0.15) is 0 Å². The highest BCUT2D eigenvalue weighted by Crippen LogP contribution is 2.32. The van der Waals surface area contributed by atoms with E-state index in [4.69, 9.17) is 5.11 Å². The summed E-state index contributed by atoms with van der Waals surface area (Å²) in [4.78, 5) is 11.5. The number of hydrogen-bond acceptors (Lipinski definition) is 3. The van der Waals surface area contributed by atoms with Crippen molar-refractivity contribution in [2.24, 2.45) is 0 Å². The molecule has 1 atom stereocenters. The average Bonchev–Trinajstić information content (AvgIpc) is 2.89. The predicted octanol–water partition coefficient (Wildman–Crippen LogP) is -0.0211. The number of carbonyl (C=O) groups is 1. The number of rotatable bonds is 3. The fourth-order valence-corrected chi connectivity index (χ4v) is 1.84. The van der Waals surface area contributed by atoms with Crippen LogP contribution in [0.1, 0.15) is 26.2 Å². The third-order valence-electron chi connectivity index (χ3n) is 2.75. The molecule has 1 saturated heterocycles. The molecule has 4 heteroatoms. The minimum atomic E-state index is 0.0760. The van der Waals surface area contributed by atoms with Crippen molar-refractivity contribution in [2.45, 2.75) is 38.3 Å². The van der Waals surface area contributed by atoms with Crippen LogP contribution in [0.5, 0.6) is 0 Å². The van der Waals surface area contributed by atoms with E-state index in [1.165, 1.54) is 0 Å². The van der Waals surface area contributed by atoms with E-state index in [2.05, 4.69) is 0 Å². The first-order valence-corrected chi connectivity index (χ1v) is 4.93. The molecule has 13 heavy (non-hydrogen) atoms. The van der Waals surface area contributed by atoms with Gasteiger partial charge in [-0.25, -0.2) is 5.01 Å². The summed E-state index contributed by atoms with van der Waals surface area (Å²) in [5.41, 5.74) is 0. The number of amides is 1. The van der Waals surface area contributed by atoms with Crippen molar-refractivity contribution in [1.82, 2.24) is 10.0 Å². The summed E-state index contributed by atoms with van der Waals surface area (Å²) < 4.78 is 0. The molecular formula is C9H16N2O2. The van der Waals surface area contributed by atoms with Crippen LogP contribution in [0.2, 0.25) is 0 Å². The third-order valence-corrected chi connectivity index (χ3v) is 2.75. The molecule has 1 amide bonds. The molecule has 1 saturated carbocycles. The molecule has 1 aliphatic carbocycles. The molecule has 1 heterocycles. The molecule has 4 nitrogen and oxygen atoms in total. The van der Waals surface area contributed by atoms with Gasteiger partial charge in [-0.3, -0.25) is 9.80 Å². The Balaban J connectivity index is 2.05. The van der Waals surface area contributed by atoms with Crippen molar-refractivity contribution < 1.29 is 9.90 Å². The van der Waals surface area contributed by atoms with E-state index in [-0.39, 0.29) is 18.6 Å². The van der Waals surface area contributed by atoms with Crippen molar-refractivity contribution in [2.75, 3.05) is 13.2 Å². The number of hydrazine groups is 1. The molecule has 0 aromatic rings. The third kappa shape index (κ3) is 1.56. The zero-order valence-corrected chi connectivity index (χ0v) is 7.94. The fourth-order valence-electron chi connectivity index (χ4n) is 1.84. The molecule has 0 spiro atoms. The second-order valence-electron chi connectivity index (χ2n) is 3.91. The Morgan fingerprint density at radius 1 is 1.62 bits per heavy atom. The summed E-state index contributed by atoms with van der Waals surface area (Å²) in [7, 11) is 0. The van der Waals surface area contributed by atoms with E-state index in [0.29, 0.717) is 12.5 Å². The number of hydrogen-bond donors (Lipinski definition) is 1. The van der Waals surface area contributed by atoms with Gasteiger partial charge >= 0.3 is 0 Å².